The summed E-state index contributed by atoms with van der Waals surface area (Å²) in [6.07, 6.45) is -0.236. The topological polar surface area (TPSA) is 49.3 Å². The van der Waals surface area contributed by atoms with Gasteiger partial charge in [-0.15, -0.1) is 11.8 Å². The molecule has 2 rings (SSSR count). The van der Waals surface area contributed by atoms with Gasteiger partial charge in [0, 0.05) is 16.1 Å². The summed E-state index contributed by atoms with van der Waals surface area (Å²) in [5, 5.41) is 12.1. The third-order valence-corrected chi connectivity index (χ3v) is 3.92. The number of carbonyl (C=O) groups excluding carboxylic acids is 1. The molecule has 98 valence electrons. The average Bonchev–Trinajstić information content (AvgIpc) is 2.55. The van der Waals surface area contributed by atoms with Gasteiger partial charge in [-0.25, -0.2) is 4.39 Å². The van der Waals surface area contributed by atoms with E-state index in [-0.39, 0.29) is 5.82 Å². The number of aliphatic hydroxyl groups is 1. The molecule has 2 N–H and O–H groups in total. The number of rotatable bonds is 4. The lowest BCUT2D eigenvalue weighted by atomic mass is 10.1. The fourth-order valence-electron chi connectivity index (χ4n) is 1.76. The molecule has 3 nitrogen and oxygen atoms in total. The molecule has 0 aromatic heterocycles. The first-order valence-corrected chi connectivity index (χ1v) is 6.92. The van der Waals surface area contributed by atoms with Gasteiger partial charge in [0.2, 0.25) is 0 Å². The van der Waals surface area contributed by atoms with E-state index < -0.39 is 12.0 Å². The van der Waals surface area contributed by atoms with Gasteiger partial charge in [-0.05, 0) is 30.2 Å². The minimum atomic E-state index is -1.25. The Hall–Kier alpha value is -1.07. The number of hydrogen-bond acceptors (Lipinski definition) is 3. The van der Waals surface area contributed by atoms with Crippen LogP contribution in [0, 0.1) is 11.7 Å². The van der Waals surface area contributed by atoms with E-state index in [4.69, 9.17) is 0 Å². The highest BCUT2D eigenvalue weighted by Crippen LogP contribution is 2.36. The van der Waals surface area contributed by atoms with Gasteiger partial charge in [0.1, 0.15) is 5.82 Å². The summed E-state index contributed by atoms with van der Waals surface area (Å²) in [5.41, 5.74) is 0.839. The summed E-state index contributed by atoms with van der Waals surface area (Å²) >= 11 is 1.44. The van der Waals surface area contributed by atoms with E-state index in [2.05, 4.69) is 19.2 Å². The zero-order valence-electron chi connectivity index (χ0n) is 10.4. The van der Waals surface area contributed by atoms with Crippen LogP contribution in [-0.2, 0) is 4.79 Å². The van der Waals surface area contributed by atoms with Crippen molar-refractivity contribution >= 4 is 23.4 Å². The highest BCUT2D eigenvalue weighted by atomic mass is 32.2. The maximum absolute atomic E-state index is 13.8. The maximum atomic E-state index is 13.8. The Morgan fingerprint density at radius 1 is 1.50 bits per heavy atom. The SMILES string of the molecule is CC(C)CCSc1cc2c(cc1F)C(O)C(=O)N2. The van der Waals surface area contributed by atoms with Gasteiger partial charge in [-0.2, -0.15) is 0 Å². The summed E-state index contributed by atoms with van der Waals surface area (Å²) in [7, 11) is 0. The van der Waals surface area contributed by atoms with Crippen LogP contribution in [0.5, 0.6) is 0 Å². The number of aliphatic hydroxyl groups excluding tert-OH is 1. The Labute approximate surface area is 110 Å². The molecule has 1 atom stereocenters. The van der Waals surface area contributed by atoms with Crippen molar-refractivity contribution in [1.29, 1.82) is 0 Å². The van der Waals surface area contributed by atoms with Crippen LogP contribution in [0.1, 0.15) is 31.9 Å². The van der Waals surface area contributed by atoms with Crippen LogP contribution >= 0.6 is 11.8 Å². The molecule has 0 saturated carbocycles. The van der Waals surface area contributed by atoms with E-state index in [1.54, 1.807) is 6.07 Å². The zero-order valence-corrected chi connectivity index (χ0v) is 11.2. The van der Waals surface area contributed by atoms with Crippen molar-refractivity contribution in [2.24, 2.45) is 5.92 Å². The maximum Gasteiger partial charge on any atom is 0.257 e. The summed E-state index contributed by atoms with van der Waals surface area (Å²) in [6, 6.07) is 2.85. The quantitative estimate of drug-likeness (QED) is 0.826. The monoisotopic (exact) mass is 269 g/mol. The Morgan fingerprint density at radius 3 is 2.89 bits per heavy atom. The van der Waals surface area contributed by atoms with Crippen LogP contribution in [0.4, 0.5) is 10.1 Å². The second-order valence-corrected chi connectivity index (χ2v) is 5.93. The zero-order chi connectivity index (χ0) is 13.3. The lowest BCUT2D eigenvalue weighted by Crippen LogP contribution is -2.10. The molecule has 1 unspecified atom stereocenters. The molecule has 1 amide bonds. The molecule has 0 bridgehead atoms. The minimum Gasteiger partial charge on any atom is -0.378 e. The number of anilines is 1. The third kappa shape index (κ3) is 2.67. The fraction of sp³-hybridized carbons (Fsp3) is 0.462. The second-order valence-electron chi connectivity index (χ2n) is 4.79. The summed E-state index contributed by atoms with van der Waals surface area (Å²) in [4.78, 5) is 11.8. The molecule has 0 fully saturated rings. The van der Waals surface area contributed by atoms with Crippen molar-refractivity contribution < 1.29 is 14.3 Å². The van der Waals surface area contributed by atoms with Gasteiger partial charge in [0.25, 0.3) is 5.91 Å². The molecule has 1 aliphatic heterocycles. The van der Waals surface area contributed by atoms with Gasteiger partial charge in [0.15, 0.2) is 6.10 Å². The predicted molar refractivity (Wildman–Crippen MR) is 70.2 cm³/mol. The van der Waals surface area contributed by atoms with E-state index in [9.17, 15) is 14.3 Å². The number of nitrogens with one attached hydrogen (secondary N) is 1. The summed E-state index contributed by atoms with van der Waals surface area (Å²) < 4.78 is 13.8. The van der Waals surface area contributed by atoms with Crippen molar-refractivity contribution in [1.82, 2.24) is 0 Å². The molecule has 5 heteroatoms. The van der Waals surface area contributed by atoms with E-state index >= 15 is 0 Å². The first-order chi connectivity index (χ1) is 8.49. The molecule has 0 saturated heterocycles. The standard InChI is InChI=1S/C13H16FNO2S/c1-7(2)3-4-18-11-6-10-8(5-9(11)14)12(16)13(17)15-10/h5-7,12,16H,3-4H2,1-2H3,(H,15,17). The highest BCUT2D eigenvalue weighted by Gasteiger charge is 2.29. The normalized spacial score (nSPS) is 18.1. The smallest absolute Gasteiger partial charge is 0.257 e. The van der Waals surface area contributed by atoms with Crippen LogP contribution in [0.3, 0.4) is 0 Å². The molecule has 18 heavy (non-hydrogen) atoms. The third-order valence-electron chi connectivity index (χ3n) is 2.86. The number of thioether (sulfide) groups is 1. The van der Waals surface area contributed by atoms with Gasteiger partial charge in [-0.3, -0.25) is 4.79 Å². The van der Waals surface area contributed by atoms with Gasteiger partial charge in [-0.1, -0.05) is 13.8 Å². The molecule has 0 spiro atoms. The molecule has 0 radical (unpaired) electrons. The van der Waals surface area contributed by atoms with Crippen molar-refractivity contribution in [3.8, 4) is 0 Å². The molecule has 0 aliphatic carbocycles. The molecular weight excluding hydrogens is 253 g/mol. The summed E-state index contributed by atoms with van der Waals surface area (Å²) in [6.45, 7) is 4.24. The number of amides is 1. The van der Waals surface area contributed by atoms with E-state index in [1.807, 2.05) is 0 Å². The fourth-order valence-corrected chi connectivity index (χ4v) is 2.97. The van der Waals surface area contributed by atoms with Crippen molar-refractivity contribution in [3.05, 3.63) is 23.5 Å². The van der Waals surface area contributed by atoms with Crippen LogP contribution < -0.4 is 5.32 Å². The lowest BCUT2D eigenvalue weighted by Gasteiger charge is -2.08. The Balaban J connectivity index is 2.14. The van der Waals surface area contributed by atoms with E-state index in [1.165, 1.54) is 17.8 Å². The van der Waals surface area contributed by atoms with Gasteiger partial charge in [0.05, 0.1) is 0 Å². The van der Waals surface area contributed by atoms with Gasteiger partial charge >= 0.3 is 0 Å². The average molecular weight is 269 g/mol. The second kappa shape index (κ2) is 5.28. The number of carbonyl (C=O) groups is 1. The number of hydrogen-bond donors (Lipinski definition) is 2. The van der Waals surface area contributed by atoms with Crippen molar-refractivity contribution in [2.75, 3.05) is 11.1 Å². The Morgan fingerprint density at radius 2 is 2.22 bits per heavy atom. The van der Waals surface area contributed by atoms with E-state index in [0.717, 1.165) is 12.2 Å². The van der Waals surface area contributed by atoms with Crippen molar-refractivity contribution in [2.45, 2.75) is 31.3 Å². The lowest BCUT2D eigenvalue weighted by molar-refractivity contribution is -0.123. The largest absolute Gasteiger partial charge is 0.378 e. The minimum absolute atomic E-state index is 0.325. The molecule has 1 heterocycles. The molecule has 1 aromatic rings. The first-order valence-electron chi connectivity index (χ1n) is 5.94. The van der Waals surface area contributed by atoms with Gasteiger partial charge < -0.3 is 10.4 Å². The first kappa shape index (κ1) is 13.4. The highest BCUT2D eigenvalue weighted by molar-refractivity contribution is 7.99. The van der Waals surface area contributed by atoms with Crippen LogP contribution in [0.25, 0.3) is 0 Å². The summed E-state index contributed by atoms with van der Waals surface area (Å²) in [5.74, 6) is 0.549. The predicted octanol–water partition coefficient (Wildman–Crippen LogP) is 2.95. The van der Waals surface area contributed by atoms with Crippen LogP contribution in [0.2, 0.25) is 0 Å². The Bertz CT molecular complexity index is 476. The van der Waals surface area contributed by atoms with Crippen LogP contribution in [-0.4, -0.2) is 16.8 Å². The molecule has 1 aliphatic rings. The van der Waals surface area contributed by atoms with Crippen LogP contribution in [0.15, 0.2) is 17.0 Å². The Kier molecular flexibility index (Phi) is 3.92. The number of fused-ring (bicyclic) bond motifs is 1. The number of halogens is 1. The van der Waals surface area contributed by atoms with Crippen molar-refractivity contribution in [3.63, 3.8) is 0 Å². The number of benzene rings is 1. The van der Waals surface area contributed by atoms with E-state index in [0.29, 0.717) is 22.1 Å². The molecular formula is C13H16FNO2S. The molecule has 1 aromatic carbocycles.